The monoisotopic (exact) mass is 486 g/mol. The number of nitrogens with zero attached hydrogens (tertiary/aromatic N) is 2. The van der Waals surface area contributed by atoms with Crippen LogP contribution in [0.5, 0.6) is 17.2 Å². The predicted molar refractivity (Wildman–Crippen MR) is 141 cm³/mol. The van der Waals surface area contributed by atoms with E-state index in [1.807, 2.05) is 17.0 Å². The lowest BCUT2D eigenvalue weighted by Crippen LogP contribution is -2.21. The van der Waals surface area contributed by atoms with Gasteiger partial charge in [0.2, 0.25) is 0 Å². The lowest BCUT2D eigenvalue weighted by Gasteiger charge is -2.25. The first-order valence-electron chi connectivity index (χ1n) is 12.1. The summed E-state index contributed by atoms with van der Waals surface area (Å²) in [7, 11) is 1.46. The number of Topliss-reactive ketones (excluding diaryl/α,β-unsaturated/α-hetero) is 1. The van der Waals surface area contributed by atoms with Gasteiger partial charge in [-0.2, -0.15) is 0 Å². The highest BCUT2D eigenvalue weighted by Crippen LogP contribution is 2.45. The quantitative estimate of drug-likeness (QED) is 0.250. The highest BCUT2D eigenvalue weighted by Gasteiger charge is 2.32. The molecule has 0 saturated carbocycles. The van der Waals surface area contributed by atoms with Gasteiger partial charge >= 0.3 is 0 Å². The highest BCUT2D eigenvalue weighted by atomic mass is 16.5. The number of ketones is 2. The Morgan fingerprint density at radius 1 is 1.17 bits per heavy atom. The Hall–Kier alpha value is -4.13. The number of hydrogen-bond acceptors (Lipinski definition) is 7. The number of phenols is 2. The smallest absolute Gasteiger partial charge is 0.182 e. The number of methoxy groups -OCH3 is 1. The topological polar surface area (TPSA) is 99.4 Å². The van der Waals surface area contributed by atoms with E-state index in [0.29, 0.717) is 24.2 Å². The predicted octanol–water partition coefficient (Wildman–Crippen LogP) is 5.43. The molecule has 2 aromatic carbocycles. The third kappa shape index (κ3) is 5.40. The Morgan fingerprint density at radius 3 is 2.75 bits per heavy atom. The van der Waals surface area contributed by atoms with Gasteiger partial charge in [0.05, 0.1) is 37.2 Å². The number of fused-ring (bicyclic) bond motifs is 1. The number of benzene rings is 2. The lowest BCUT2D eigenvalue weighted by molar-refractivity contribution is -0.124. The van der Waals surface area contributed by atoms with Gasteiger partial charge in [0.15, 0.2) is 17.3 Å². The summed E-state index contributed by atoms with van der Waals surface area (Å²) >= 11 is 0. The molecule has 2 N–H and O–H groups in total. The zero-order valence-corrected chi connectivity index (χ0v) is 20.5. The molecule has 0 unspecified atom stereocenters. The van der Waals surface area contributed by atoms with Crippen LogP contribution in [-0.4, -0.2) is 41.1 Å². The summed E-state index contributed by atoms with van der Waals surface area (Å²) in [5.74, 6) is 0.0267. The number of aliphatic imine (C=N–C) groups is 1. The van der Waals surface area contributed by atoms with Gasteiger partial charge in [-0.1, -0.05) is 38.0 Å². The van der Waals surface area contributed by atoms with Crippen LogP contribution in [-0.2, 0) is 9.59 Å². The zero-order chi connectivity index (χ0) is 25.7. The molecule has 7 nitrogen and oxygen atoms in total. The molecule has 0 spiro atoms. The Labute approximate surface area is 210 Å². The molecule has 36 heavy (non-hydrogen) atoms. The lowest BCUT2D eigenvalue weighted by atomic mass is 10.0. The average Bonchev–Trinajstić information content (AvgIpc) is 3.45. The maximum absolute atomic E-state index is 12.4. The molecular formula is C29H30N2O5. The normalized spacial score (nSPS) is 14.5. The summed E-state index contributed by atoms with van der Waals surface area (Å²) in [6.07, 6.45) is 9.78. The maximum atomic E-state index is 12.4. The van der Waals surface area contributed by atoms with E-state index in [1.165, 1.54) is 13.2 Å². The molecule has 0 fully saturated rings. The summed E-state index contributed by atoms with van der Waals surface area (Å²) < 4.78 is 5.42. The number of unbranched alkanes of at least 4 members (excludes halogenated alkanes) is 2. The summed E-state index contributed by atoms with van der Waals surface area (Å²) in [6.45, 7) is 2.49. The SMILES string of the molecule is CCCCCC(=O)CC(=O)C=Cc1cc(OC)c(O)c(N2CC3=NC=CC3=C2c2cccc(O)c2)c1. The fourth-order valence-electron chi connectivity index (χ4n) is 4.43. The molecule has 2 aromatic rings. The maximum Gasteiger partial charge on any atom is 0.182 e. The molecule has 0 bridgehead atoms. The molecule has 7 heteroatoms. The van der Waals surface area contributed by atoms with Crippen molar-refractivity contribution in [3.63, 3.8) is 0 Å². The summed E-state index contributed by atoms with van der Waals surface area (Å²) in [4.78, 5) is 30.8. The molecule has 0 atom stereocenters. The molecule has 2 heterocycles. The van der Waals surface area contributed by atoms with Crippen LogP contribution in [0.1, 0.15) is 50.2 Å². The van der Waals surface area contributed by atoms with Crippen molar-refractivity contribution in [3.05, 3.63) is 71.5 Å². The van der Waals surface area contributed by atoms with E-state index < -0.39 is 0 Å². The van der Waals surface area contributed by atoms with Crippen molar-refractivity contribution in [2.75, 3.05) is 18.6 Å². The van der Waals surface area contributed by atoms with Gasteiger partial charge in [-0.25, -0.2) is 0 Å². The summed E-state index contributed by atoms with van der Waals surface area (Å²) in [5, 5.41) is 21.1. The molecule has 4 rings (SSSR count). The molecule has 0 radical (unpaired) electrons. The van der Waals surface area contributed by atoms with Crippen LogP contribution in [0.3, 0.4) is 0 Å². The number of aromatic hydroxyl groups is 2. The largest absolute Gasteiger partial charge is 0.508 e. The van der Waals surface area contributed by atoms with E-state index in [4.69, 9.17) is 4.74 Å². The van der Waals surface area contributed by atoms with Gasteiger partial charge in [-0.3, -0.25) is 14.6 Å². The molecule has 186 valence electrons. The molecule has 0 amide bonds. The van der Waals surface area contributed by atoms with Crippen molar-refractivity contribution >= 4 is 34.7 Å². The molecule has 2 aliphatic rings. The van der Waals surface area contributed by atoms with E-state index in [2.05, 4.69) is 11.9 Å². The zero-order valence-electron chi connectivity index (χ0n) is 20.5. The van der Waals surface area contributed by atoms with E-state index >= 15 is 0 Å². The van der Waals surface area contributed by atoms with Crippen molar-refractivity contribution in [1.82, 2.24) is 0 Å². The minimum Gasteiger partial charge on any atom is -0.508 e. The molecule has 0 aromatic heterocycles. The Kier molecular flexibility index (Phi) is 7.68. The van der Waals surface area contributed by atoms with Gasteiger partial charge in [-0.05, 0) is 48.4 Å². The Bertz CT molecular complexity index is 1300. The van der Waals surface area contributed by atoms with E-state index in [-0.39, 0.29) is 35.2 Å². The van der Waals surface area contributed by atoms with E-state index in [9.17, 15) is 19.8 Å². The van der Waals surface area contributed by atoms with Crippen LogP contribution in [0, 0.1) is 0 Å². The number of hydrogen-bond donors (Lipinski definition) is 2. The van der Waals surface area contributed by atoms with Crippen molar-refractivity contribution < 1.29 is 24.5 Å². The minimum absolute atomic E-state index is 0.0464. The van der Waals surface area contributed by atoms with Crippen molar-refractivity contribution in [2.45, 2.75) is 39.0 Å². The van der Waals surface area contributed by atoms with Crippen LogP contribution in [0.15, 0.2) is 65.3 Å². The number of rotatable bonds is 11. The standard InChI is InChI=1S/C29H30N2O5/c1-3-4-5-8-22(33)17-23(34)11-10-19-14-26(29(35)27(15-19)36-2)31-18-25-24(12-13-30-25)28(31)20-7-6-9-21(32)16-20/h6-7,9-16,32,35H,3-5,8,17-18H2,1-2H3. The second-order valence-corrected chi connectivity index (χ2v) is 8.85. The first-order chi connectivity index (χ1) is 17.4. The second-order valence-electron chi connectivity index (χ2n) is 8.85. The van der Waals surface area contributed by atoms with Crippen molar-refractivity contribution in [3.8, 4) is 17.2 Å². The van der Waals surface area contributed by atoms with Crippen molar-refractivity contribution in [1.29, 1.82) is 0 Å². The average molecular weight is 487 g/mol. The number of phenolic OH excluding ortho intramolecular Hbond substituents is 2. The van der Waals surface area contributed by atoms with Crippen LogP contribution >= 0.6 is 0 Å². The number of carbonyl (C=O) groups excluding carboxylic acids is 2. The van der Waals surface area contributed by atoms with Crippen LogP contribution < -0.4 is 9.64 Å². The first-order valence-corrected chi connectivity index (χ1v) is 12.1. The van der Waals surface area contributed by atoms with E-state index in [1.54, 1.807) is 42.6 Å². The Morgan fingerprint density at radius 2 is 2.00 bits per heavy atom. The molecule has 0 saturated heterocycles. The van der Waals surface area contributed by atoms with Crippen LogP contribution in [0.2, 0.25) is 0 Å². The fourth-order valence-corrected chi connectivity index (χ4v) is 4.43. The third-order valence-corrected chi connectivity index (χ3v) is 6.22. The fraction of sp³-hybridized carbons (Fsp3) is 0.276. The van der Waals surface area contributed by atoms with Crippen LogP contribution in [0.25, 0.3) is 11.8 Å². The number of anilines is 1. The summed E-state index contributed by atoms with van der Waals surface area (Å²) in [6, 6.07) is 10.3. The van der Waals surface area contributed by atoms with E-state index in [0.717, 1.165) is 41.8 Å². The first kappa shape index (κ1) is 25.0. The van der Waals surface area contributed by atoms with Gasteiger partial charge in [0.1, 0.15) is 11.5 Å². The number of ether oxygens (including phenoxy) is 1. The number of allylic oxidation sites excluding steroid dienone is 2. The molecule has 2 aliphatic heterocycles. The molecule has 0 aliphatic carbocycles. The Balaban J connectivity index is 1.64. The number of carbonyl (C=O) groups is 2. The van der Waals surface area contributed by atoms with Gasteiger partial charge in [0.25, 0.3) is 0 Å². The second kappa shape index (κ2) is 11.1. The minimum atomic E-state index is -0.261. The van der Waals surface area contributed by atoms with Crippen LogP contribution in [0.4, 0.5) is 5.69 Å². The summed E-state index contributed by atoms with van der Waals surface area (Å²) in [5.41, 5.74) is 4.46. The highest BCUT2D eigenvalue weighted by molar-refractivity contribution is 6.20. The van der Waals surface area contributed by atoms with Crippen molar-refractivity contribution in [2.24, 2.45) is 4.99 Å². The third-order valence-electron chi connectivity index (χ3n) is 6.22. The van der Waals surface area contributed by atoms with Gasteiger partial charge in [-0.15, -0.1) is 0 Å². The molecular weight excluding hydrogens is 456 g/mol. The van der Waals surface area contributed by atoms with Gasteiger partial charge in [0, 0.05) is 23.8 Å². The van der Waals surface area contributed by atoms with Gasteiger partial charge < -0.3 is 19.8 Å².